The van der Waals surface area contributed by atoms with E-state index in [9.17, 15) is 14.4 Å². The first-order chi connectivity index (χ1) is 17.7. The van der Waals surface area contributed by atoms with E-state index in [-0.39, 0.29) is 29.8 Å². The van der Waals surface area contributed by atoms with Crippen molar-refractivity contribution in [3.8, 4) is 0 Å². The Bertz CT molecular complexity index is 1330. The van der Waals surface area contributed by atoms with Crippen LogP contribution >= 0.6 is 0 Å². The number of aromatic nitrogens is 1. The van der Waals surface area contributed by atoms with Crippen molar-refractivity contribution >= 4 is 28.7 Å². The molecule has 1 fully saturated rings. The molecule has 2 aliphatic heterocycles. The van der Waals surface area contributed by atoms with E-state index in [1.807, 2.05) is 64.1 Å². The van der Waals surface area contributed by atoms with Crippen molar-refractivity contribution < 1.29 is 14.4 Å². The predicted molar refractivity (Wildman–Crippen MR) is 144 cm³/mol. The van der Waals surface area contributed by atoms with Gasteiger partial charge in [-0.2, -0.15) is 0 Å². The zero-order valence-electron chi connectivity index (χ0n) is 22.1. The molecular formula is C30H36N4O3. The summed E-state index contributed by atoms with van der Waals surface area (Å²) in [5.74, 6) is -0.468. The van der Waals surface area contributed by atoms with Gasteiger partial charge in [-0.3, -0.25) is 9.59 Å². The van der Waals surface area contributed by atoms with Crippen molar-refractivity contribution in [3.05, 3.63) is 71.4 Å². The van der Waals surface area contributed by atoms with Crippen molar-refractivity contribution in [2.24, 2.45) is 5.92 Å². The molecule has 1 unspecified atom stereocenters. The molecule has 1 saturated heterocycles. The van der Waals surface area contributed by atoms with Gasteiger partial charge in [0.2, 0.25) is 5.91 Å². The molecule has 0 radical (unpaired) electrons. The van der Waals surface area contributed by atoms with E-state index in [2.05, 4.69) is 28.5 Å². The lowest BCUT2D eigenvalue weighted by molar-refractivity contribution is -0.140. The van der Waals surface area contributed by atoms with Crippen molar-refractivity contribution in [1.29, 1.82) is 0 Å². The van der Waals surface area contributed by atoms with Gasteiger partial charge in [0.1, 0.15) is 6.04 Å². The molecule has 3 heterocycles. The molecule has 7 nitrogen and oxygen atoms in total. The number of aromatic amines is 1. The molecule has 2 N–H and O–H groups in total. The quantitative estimate of drug-likeness (QED) is 0.438. The van der Waals surface area contributed by atoms with Gasteiger partial charge >= 0.3 is 6.03 Å². The smallest absolute Gasteiger partial charge is 0.328 e. The van der Waals surface area contributed by atoms with Gasteiger partial charge in [-0.1, -0.05) is 62.4 Å². The van der Waals surface area contributed by atoms with Crippen LogP contribution in [0.4, 0.5) is 4.79 Å². The van der Waals surface area contributed by atoms with Crippen LogP contribution in [0.15, 0.2) is 54.6 Å². The first kappa shape index (κ1) is 25.1. The van der Waals surface area contributed by atoms with Gasteiger partial charge in [-0.25, -0.2) is 9.69 Å². The molecule has 5 rings (SSSR count). The highest BCUT2D eigenvalue weighted by atomic mass is 16.2. The number of imide groups is 1. The SMILES string of the molecule is CC(C)C[C@H](C(=O)NC(C)CCc1ccccc1)N1C(=O)N2CCc3c([nH]c4ccccc34)[C@@]2(C)C1=O. The van der Waals surface area contributed by atoms with Crippen LogP contribution in [0, 0.1) is 5.92 Å². The summed E-state index contributed by atoms with van der Waals surface area (Å²) in [7, 11) is 0. The van der Waals surface area contributed by atoms with Crippen LogP contribution in [0.5, 0.6) is 0 Å². The summed E-state index contributed by atoms with van der Waals surface area (Å²) < 4.78 is 0. The fourth-order valence-electron chi connectivity index (χ4n) is 5.91. The number of hydrogen-bond acceptors (Lipinski definition) is 3. The van der Waals surface area contributed by atoms with E-state index < -0.39 is 11.6 Å². The molecule has 3 aromatic rings. The lowest BCUT2D eigenvalue weighted by Crippen LogP contribution is -2.53. The number of amides is 4. The molecule has 3 atom stereocenters. The number of rotatable bonds is 8. The lowest BCUT2D eigenvalue weighted by atomic mass is 9.86. The molecule has 0 spiro atoms. The zero-order valence-corrected chi connectivity index (χ0v) is 22.1. The van der Waals surface area contributed by atoms with Gasteiger partial charge in [0.05, 0.1) is 5.69 Å². The molecular weight excluding hydrogens is 464 g/mol. The van der Waals surface area contributed by atoms with E-state index in [1.165, 1.54) is 10.5 Å². The van der Waals surface area contributed by atoms with Gasteiger partial charge in [-0.15, -0.1) is 0 Å². The zero-order chi connectivity index (χ0) is 26.3. The molecule has 2 aliphatic rings. The predicted octanol–water partition coefficient (Wildman–Crippen LogP) is 4.76. The normalized spacial score (nSPS) is 20.8. The van der Waals surface area contributed by atoms with Crippen LogP contribution in [0.3, 0.4) is 0 Å². The maximum absolute atomic E-state index is 14.1. The number of H-pyrrole nitrogens is 1. The Kier molecular flexibility index (Phi) is 6.56. The summed E-state index contributed by atoms with van der Waals surface area (Å²) >= 11 is 0. The van der Waals surface area contributed by atoms with E-state index in [0.717, 1.165) is 35.0 Å². The number of para-hydroxylation sites is 1. The van der Waals surface area contributed by atoms with Crippen LogP contribution in [-0.4, -0.2) is 51.3 Å². The Balaban J connectivity index is 1.40. The maximum Gasteiger partial charge on any atom is 0.328 e. The van der Waals surface area contributed by atoms with Gasteiger partial charge in [0, 0.05) is 23.5 Å². The van der Waals surface area contributed by atoms with Gasteiger partial charge in [0.25, 0.3) is 5.91 Å². The minimum absolute atomic E-state index is 0.0892. The second-order valence-corrected chi connectivity index (χ2v) is 11.0. The van der Waals surface area contributed by atoms with E-state index in [1.54, 1.807) is 4.90 Å². The molecule has 37 heavy (non-hydrogen) atoms. The number of aryl methyl sites for hydroxylation is 1. The summed E-state index contributed by atoms with van der Waals surface area (Å²) in [5.41, 5.74) is 2.86. The average molecular weight is 501 g/mol. The summed E-state index contributed by atoms with van der Waals surface area (Å²) in [6, 6.07) is 16.8. The number of fused-ring (bicyclic) bond motifs is 5. The summed E-state index contributed by atoms with van der Waals surface area (Å²) in [6.07, 6.45) is 2.69. The fourth-order valence-corrected chi connectivity index (χ4v) is 5.91. The topological polar surface area (TPSA) is 85.5 Å². The summed E-state index contributed by atoms with van der Waals surface area (Å²) in [5, 5.41) is 4.18. The number of hydrogen-bond donors (Lipinski definition) is 2. The Morgan fingerprint density at radius 3 is 2.49 bits per heavy atom. The van der Waals surface area contributed by atoms with Crippen LogP contribution in [0.1, 0.15) is 57.4 Å². The highest BCUT2D eigenvalue weighted by Crippen LogP contribution is 2.45. The van der Waals surface area contributed by atoms with E-state index >= 15 is 0 Å². The number of carbonyl (C=O) groups excluding carboxylic acids is 3. The van der Waals surface area contributed by atoms with Crippen molar-refractivity contribution in [1.82, 2.24) is 20.1 Å². The highest BCUT2D eigenvalue weighted by molar-refractivity contribution is 6.11. The Morgan fingerprint density at radius 1 is 1.05 bits per heavy atom. The number of urea groups is 1. The number of benzene rings is 2. The van der Waals surface area contributed by atoms with E-state index in [0.29, 0.717) is 19.4 Å². The summed E-state index contributed by atoms with van der Waals surface area (Å²) in [6.45, 7) is 8.25. The molecule has 1 aromatic heterocycles. The minimum Gasteiger partial charge on any atom is -0.356 e. The highest BCUT2D eigenvalue weighted by Gasteiger charge is 2.60. The Morgan fingerprint density at radius 2 is 1.76 bits per heavy atom. The molecule has 0 saturated carbocycles. The third kappa shape index (κ3) is 4.30. The maximum atomic E-state index is 14.1. The van der Waals surface area contributed by atoms with Crippen molar-refractivity contribution in [3.63, 3.8) is 0 Å². The second-order valence-electron chi connectivity index (χ2n) is 11.0. The van der Waals surface area contributed by atoms with Crippen LogP contribution < -0.4 is 5.32 Å². The third-order valence-electron chi connectivity index (χ3n) is 7.90. The average Bonchev–Trinajstić information content (AvgIpc) is 3.35. The first-order valence-corrected chi connectivity index (χ1v) is 13.3. The lowest BCUT2D eigenvalue weighted by Gasteiger charge is -2.36. The van der Waals surface area contributed by atoms with Crippen LogP contribution in [-0.2, 0) is 28.0 Å². The monoisotopic (exact) mass is 500 g/mol. The van der Waals surface area contributed by atoms with Gasteiger partial charge in [-0.05, 0) is 62.6 Å². The molecule has 0 bridgehead atoms. The molecule has 194 valence electrons. The van der Waals surface area contributed by atoms with E-state index in [4.69, 9.17) is 0 Å². The molecule has 4 amide bonds. The summed E-state index contributed by atoms with van der Waals surface area (Å²) in [4.78, 5) is 47.7. The van der Waals surface area contributed by atoms with Crippen LogP contribution in [0.25, 0.3) is 10.9 Å². The largest absolute Gasteiger partial charge is 0.356 e. The van der Waals surface area contributed by atoms with Crippen molar-refractivity contribution in [2.45, 2.75) is 71.0 Å². The minimum atomic E-state index is -1.15. The second kappa shape index (κ2) is 9.69. The standard InChI is InChI=1S/C30H36N4O3/c1-19(2)18-25(27(35)31-20(3)14-15-21-10-6-5-7-11-21)34-28(36)30(4)26-23(16-17-33(30)29(34)37)22-12-8-9-13-24(22)32-26/h5-13,19-20,25,32H,14-18H2,1-4H3,(H,31,35)/t20?,25-,30+/m1/s1. The van der Waals surface area contributed by atoms with Gasteiger partial charge < -0.3 is 15.2 Å². The number of nitrogens with zero attached hydrogens (tertiary/aromatic N) is 2. The molecule has 0 aliphatic carbocycles. The first-order valence-electron chi connectivity index (χ1n) is 13.3. The molecule has 2 aromatic carbocycles. The third-order valence-corrected chi connectivity index (χ3v) is 7.90. The number of nitrogens with one attached hydrogen (secondary N) is 2. The fraction of sp³-hybridized carbons (Fsp3) is 0.433. The molecule has 7 heteroatoms. The Hall–Kier alpha value is -3.61. The van der Waals surface area contributed by atoms with Gasteiger partial charge in [0.15, 0.2) is 5.54 Å². The van der Waals surface area contributed by atoms with Crippen LogP contribution in [0.2, 0.25) is 0 Å². The van der Waals surface area contributed by atoms with Crippen molar-refractivity contribution in [2.75, 3.05) is 6.54 Å². The Labute approximate surface area is 218 Å². The number of carbonyl (C=O) groups is 3.